The van der Waals surface area contributed by atoms with Crippen LogP contribution < -0.4 is 5.63 Å². The maximum Gasteiger partial charge on any atom is 0.339 e. The van der Waals surface area contributed by atoms with Crippen LogP contribution >= 0.6 is 0 Å². The fraction of sp³-hybridized carbons (Fsp3) is 0. The van der Waals surface area contributed by atoms with Crippen molar-refractivity contribution in [3.05, 3.63) is 75.4 Å². The van der Waals surface area contributed by atoms with E-state index in [-0.39, 0.29) is 11.6 Å². The molecule has 3 rings (SSSR count). The van der Waals surface area contributed by atoms with Gasteiger partial charge in [-0.05, 0) is 24.3 Å². The molecule has 7 heteroatoms. The first-order chi connectivity index (χ1) is 10.6. The number of nitro benzene ring substituents is 1. The van der Waals surface area contributed by atoms with Crippen LogP contribution in [0.15, 0.2) is 64.1 Å². The molecule has 0 atom stereocenters. The summed E-state index contributed by atoms with van der Waals surface area (Å²) in [4.78, 5) is 30.1. The lowest BCUT2D eigenvalue weighted by Crippen LogP contribution is -2.02. The van der Waals surface area contributed by atoms with E-state index in [2.05, 4.69) is 9.97 Å². The molecule has 0 spiro atoms. The summed E-state index contributed by atoms with van der Waals surface area (Å²) in [5.41, 5.74) is 0.987. The monoisotopic (exact) mass is 295 g/mol. The summed E-state index contributed by atoms with van der Waals surface area (Å²) in [6, 6.07) is 10.4. The number of pyridine rings is 1. The molecular formula is C15H9N3O4. The molecule has 0 fully saturated rings. The van der Waals surface area contributed by atoms with Gasteiger partial charge in [0.05, 0.1) is 16.7 Å². The number of hydrogen-bond acceptors (Lipinski definition) is 6. The first-order valence-electron chi connectivity index (χ1n) is 6.31. The van der Waals surface area contributed by atoms with Gasteiger partial charge in [0.15, 0.2) is 0 Å². The van der Waals surface area contributed by atoms with Gasteiger partial charge in [0.25, 0.3) is 5.69 Å². The molecule has 7 nitrogen and oxygen atoms in total. The van der Waals surface area contributed by atoms with Gasteiger partial charge in [0, 0.05) is 35.7 Å². The molecule has 0 aliphatic heterocycles. The lowest BCUT2D eigenvalue weighted by molar-refractivity contribution is -0.384. The van der Waals surface area contributed by atoms with Crippen molar-refractivity contribution in [1.29, 1.82) is 0 Å². The van der Waals surface area contributed by atoms with Crippen LogP contribution in [0.25, 0.3) is 22.7 Å². The smallest absolute Gasteiger partial charge is 0.339 e. The van der Waals surface area contributed by atoms with Crippen LogP contribution in [0.2, 0.25) is 0 Å². The second-order valence-electron chi connectivity index (χ2n) is 4.41. The van der Waals surface area contributed by atoms with Gasteiger partial charge in [-0.15, -0.1) is 0 Å². The summed E-state index contributed by atoms with van der Waals surface area (Å²) < 4.78 is 5.07. The normalized spacial score (nSPS) is 10.4. The molecule has 0 aliphatic rings. The average Bonchev–Trinajstić information content (AvgIpc) is 2.55. The van der Waals surface area contributed by atoms with E-state index in [9.17, 15) is 14.9 Å². The molecule has 108 valence electrons. The molecule has 0 unspecified atom stereocenters. The Labute approximate surface area is 124 Å². The van der Waals surface area contributed by atoms with Gasteiger partial charge in [-0.1, -0.05) is 0 Å². The zero-order valence-corrected chi connectivity index (χ0v) is 11.2. The lowest BCUT2D eigenvalue weighted by atomic mass is 10.2. The van der Waals surface area contributed by atoms with E-state index in [4.69, 9.17) is 4.42 Å². The highest BCUT2D eigenvalue weighted by molar-refractivity contribution is 5.62. The third-order valence-corrected chi connectivity index (χ3v) is 2.96. The Balaban J connectivity index is 2.06. The third kappa shape index (κ3) is 2.73. The minimum Gasteiger partial charge on any atom is -0.404 e. The molecule has 22 heavy (non-hydrogen) atoms. The highest BCUT2D eigenvalue weighted by Gasteiger charge is 2.10. The van der Waals surface area contributed by atoms with Crippen molar-refractivity contribution in [3.63, 3.8) is 0 Å². The molecule has 0 radical (unpaired) electrons. The van der Waals surface area contributed by atoms with Crippen LogP contribution in [0.1, 0.15) is 0 Å². The molecule has 0 N–H and O–H groups in total. The summed E-state index contributed by atoms with van der Waals surface area (Å²) in [6.45, 7) is 0. The van der Waals surface area contributed by atoms with Crippen molar-refractivity contribution in [3.8, 4) is 22.7 Å². The Morgan fingerprint density at radius 1 is 1.09 bits per heavy atom. The summed E-state index contributed by atoms with van der Waals surface area (Å²) in [5.74, 6) is 0.0984. The molecule has 0 aliphatic carbocycles. The number of rotatable bonds is 3. The third-order valence-electron chi connectivity index (χ3n) is 2.96. The molecule has 0 bridgehead atoms. The van der Waals surface area contributed by atoms with Gasteiger partial charge in [-0.25, -0.2) is 9.78 Å². The topological polar surface area (TPSA) is 99.1 Å². The van der Waals surface area contributed by atoms with E-state index in [0.717, 1.165) is 0 Å². The second-order valence-corrected chi connectivity index (χ2v) is 4.41. The molecule has 3 aromatic rings. The Bertz CT molecular complexity index is 873. The van der Waals surface area contributed by atoms with Crippen molar-refractivity contribution in [1.82, 2.24) is 9.97 Å². The zero-order valence-electron chi connectivity index (χ0n) is 11.2. The van der Waals surface area contributed by atoms with Crippen LogP contribution in [0.5, 0.6) is 0 Å². The van der Waals surface area contributed by atoms with E-state index in [0.29, 0.717) is 16.8 Å². The second kappa shape index (κ2) is 5.57. The lowest BCUT2D eigenvalue weighted by Gasteiger charge is -2.03. The van der Waals surface area contributed by atoms with E-state index >= 15 is 0 Å². The van der Waals surface area contributed by atoms with Crippen LogP contribution in [0.4, 0.5) is 5.69 Å². The molecule has 0 amide bonds. The van der Waals surface area contributed by atoms with Crippen LogP contribution in [0.3, 0.4) is 0 Å². The van der Waals surface area contributed by atoms with Crippen molar-refractivity contribution >= 4 is 5.69 Å². The van der Waals surface area contributed by atoms with Gasteiger partial charge in [0.2, 0.25) is 5.89 Å². The Morgan fingerprint density at radius 3 is 2.50 bits per heavy atom. The minimum absolute atomic E-state index is 0.0467. The highest BCUT2D eigenvalue weighted by Crippen LogP contribution is 2.22. The van der Waals surface area contributed by atoms with Crippen molar-refractivity contribution in [2.45, 2.75) is 0 Å². The van der Waals surface area contributed by atoms with Crippen molar-refractivity contribution in [2.75, 3.05) is 0 Å². The molecule has 0 saturated carbocycles. The quantitative estimate of drug-likeness (QED) is 0.544. The summed E-state index contributed by atoms with van der Waals surface area (Å²) in [5, 5.41) is 10.7. The van der Waals surface area contributed by atoms with Gasteiger partial charge in [-0.3, -0.25) is 15.1 Å². The van der Waals surface area contributed by atoms with E-state index in [1.165, 1.54) is 30.3 Å². The fourth-order valence-electron chi connectivity index (χ4n) is 1.91. The Kier molecular flexibility index (Phi) is 3.45. The maximum absolute atomic E-state index is 11.7. The van der Waals surface area contributed by atoms with E-state index < -0.39 is 10.5 Å². The van der Waals surface area contributed by atoms with E-state index in [1.807, 2.05) is 0 Å². The maximum atomic E-state index is 11.7. The van der Waals surface area contributed by atoms with Crippen LogP contribution in [-0.4, -0.2) is 14.9 Å². The van der Waals surface area contributed by atoms with Crippen molar-refractivity contribution < 1.29 is 9.34 Å². The SMILES string of the molecule is O=c1cc(-c2cccnc2)nc(-c2ccc([N+](=O)[O-])cc2)o1. The Hall–Kier alpha value is -3.35. The number of benzene rings is 1. The average molecular weight is 295 g/mol. The molecule has 1 aromatic carbocycles. The largest absolute Gasteiger partial charge is 0.404 e. The first kappa shape index (κ1) is 13.6. The predicted octanol–water partition coefficient (Wildman–Crippen LogP) is 2.67. The number of hydrogen-bond donors (Lipinski definition) is 0. The van der Waals surface area contributed by atoms with E-state index in [1.54, 1.807) is 24.5 Å². The Morgan fingerprint density at radius 2 is 1.86 bits per heavy atom. The predicted molar refractivity (Wildman–Crippen MR) is 78.1 cm³/mol. The summed E-state index contributed by atoms with van der Waals surface area (Å²) in [6.07, 6.45) is 3.20. The summed E-state index contributed by atoms with van der Waals surface area (Å²) in [7, 11) is 0. The van der Waals surface area contributed by atoms with Gasteiger partial charge in [0.1, 0.15) is 0 Å². The molecule has 2 aromatic heterocycles. The molecule has 0 saturated heterocycles. The van der Waals surface area contributed by atoms with Crippen molar-refractivity contribution in [2.24, 2.45) is 0 Å². The molecular weight excluding hydrogens is 286 g/mol. The number of nitrogens with zero attached hydrogens (tertiary/aromatic N) is 3. The number of non-ortho nitro benzene ring substituents is 1. The van der Waals surface area contributed by atoms with Crippen LogP contribution in [0, 0.1) is 10.1 Å². The standard InChI is InChI=1S/C15H9N3O4/c19-14-8-13(11-2-1-7-16-9-11)17-15(22-14)10-3-5-12(6-4-10)18(20)21/h1-9H. The van der Waals surface area contributed by atoms with Crippen LogP contribution in [-0.2, 0) is 0 Å². The highest BCUT2D eigenvalue weighted by atomic mass is 16.6. The number of nitro groups is 1. The molecule has 2 heterocycles. The fourth-order valence-corrected chi connectivity index (χ4v) is 1.91. The minimum atomic E-state index is -0.554. The van der Waals surface area contributed by atoms with Gasteiger partial charge >= 0.3 is 5.63 Å². The van der Waals surface area contributed by atoms with Gasteiger partial charge in [-0.2, -0.15) is 0 Å². The number of aromatic nitrogens is 2. The first-order valence-corrected chi connectivity index (χ1v) is 6.31. The summed E-state index contributed by atoms with van der Waals surface area (Å²) >= 11 is 0. The van der Waals surface area contributed by atoms with Gasteiger partial charge < -0.3 is 4.42 Å². The zero-order chi connectivity index (χ0) is 15.5.